The van der Waals surface area contributed by atoms with Gasteiger partial charge in [0.05, 0.1) is 32.4 Å². The fourth-order valence-electron chi connectivity index (χ4n) is 5.15. The van der Waals surface area contributed by atoms with E-state index in [1.165, 1.54) is 0 Å². The second-order valence-electron chi connectivity index (χ2n) is 10.7. The minimum atomic E-state index is -1.10. The van der Waals surface area contributed by atoms with Gasteiger partial charge in [0, 0.05) is 17.6 Å². The maximum atomic E-state index is 13.4. The van der Waals surface area contributed by atoms with Crippen LogP contribution in [0.3, 0.4) is 0 Å². The number of rotatable bonds is 3. The number of allylic oxidation sites excluding steroid dienone is 2. The molecule has 3 N–H and O–H groups in total. The maximum absolute atomic E-state index is 13.4. The number of quaternary nitrogens is 1. The largest absolute Gasteiger partial charge is 0.384 e. The van der Waals surface area contributed by atoms with Gasteiger partial charge in [-0.2, -0.15) is 9.63 Å². The van der Waals surface area contributed by atoms with Gasteiger partial charge < -0.3 is 15.3 Å². The van der Waals surface area contributed by atoms with Crippen molar-refractivity contribution in [1.29, 1.82) is 0 Å². The molecular weight excluding hydrogens is 496 g/mol. The van der Waals surface area contributed by atoms with Gasteiger partial charge in [-0.3, -0.25) is 4.79 Å². The molecule has 0 radical (unpaired) electrons. The Kier molecular flexibility index (Phi) is 6.21. The number of pyridine rings is 1. The van der Waals surface area contributed by atoms with E-state index in [4.69, 9.17) is 9.97 Å². The van der Waals surface area contributed by atoms with E-state index in [0.717, 1.165) is 24.5 Å². The first-order valence-corrected chi connectivity index (χ1v) is 13.2. The van der Waals surface area contributed by atoms with Crippen LogP contribution in [0.1, 0.15) is 25.5 Å². The van der Waals surface area contributed by atoms with Crippen molar-refractivity contribution in [3.8, 4) is 5.82 Å². The number of benzene rings is 1. The van der Waals surface area contributed by atoms with Gasteiger partial charge in [-0.1, -0.05) is 18.2 Å². The normalized spacial score (nSPS) is 21.7. The molecule has 0 spiro atoms. The van der Waals surface area contributed by atoms with Crippen LogP contribution in [-0.4, -0.2) is 72.5 Å². The van der Waals surface area contributed by atoms with Crippen LogP contribution in [0.15, 0.2) is 65.6 Å². The van der Waals surface area contributed by atoms with Crippen LogP contribution in [0.4, 0.5) is 17.3 Å². The summed E-state index contributed by atoms with van der Waals surface area (Å²) in [5.41, 5.74) is 1.58. The summed E-state index contributed by atoms with van der Waals surface area (Å²) < 4.78 is 3.35. The van der Waals surface area contributed by atoms with E-state index in [0.29, 0.717) is 61.0 Å². The number of nitrogens with zero attached hydrogens (tertiary/aromatic N) is 7. The van der Waals surface area contributed by atoms with Crippen molar-refractivity contribution < 1.29 is 15.0 Å². The number of hydroxylamine groups is 3. The molecule has 0 saturated carbocycles. The lowest BCUT2D eigenvalue weighted by atomic mass is 9.95. The highest BCUT2D eigenvalue weighted by Gasteiger charge is 2.28. The predicted molar refractivity (Wildman–Crippen MR) is 149 cm³/mol. The van der Waals surface area contributed by atoms with Gasteiger partial charge >= 0.3 is 0 Å². The number of aromatic nitrogens is 5. The van der Waals surface area contributed by atoms with Crippen molar-refractivity contribution in [3.63, 3.8) is 0 Å². The lowest BCUT2D eigenvalue weighted by Crippen LogP contribution is -2.55. The van der Waals surface area contributed by atoms with Gasteiger partial charge in [0.25, 0.3) is 5.56 Å². The van der Waals surface area contributed by atoms with Gasteiger partial charge in [-0.15, -0.1) is 0 Å². The van der Waals surface area contributed by atoms with Gasteiger partial charge in [0.1, 0.15) is 24.1 Å². The highest BCUT2D eigenvalue weighted by molar-refractivity contribution is 5.77. The Bertz CT molecular complexity index is 1590. The number of aliphatic hydroxyl groups is 1. The highest BCUT2D eigenvalue weighted by atomic mass is 16.5. The van der Waals surface area contributed by atoms with Crippen LogP contribution in [0.5, 0.6) is 0 Å². The van der Waals surface area contributed by atoms with Crippen molar-refractivity contribution in [3.05, 3.63) is 76.9 Å². The van der Waals surface area contributed by atoms with Crippen LogP contribution in [0.25, 0.3) is 16.9 Å². The molecule has 4 aromatic rings. The average molecular weight is 530 g/mol. The summed E-state index contributed by atoms with van der Waals surface area (Å²) in [7, 11) is 1.83. The zero-order valence-corrected chi connectivity index (χ0v) is 22.2. The summed E-state index contributed by atoms with van der Waals surface area (Å²) in [5.74, 6) is 0.860. The molecule has 1 unspecified atom stereocenters. The number of hydrogen-bond acceptors (Lipinski definition) is 8. The van der Waals surface area contributed by atoms with Crippen LogP contribution in [0.2, 0.25) is 0 Å². The molecule has 39 heavy (non-hydrogen) atoms. The first-order valence-electron chi connectivity index (χ1n) is 13.2. The summed E-state index contributed by atoms with van der Waals surface area (Å²) in [6, 6.07) is 13.5. The van der Waals surface area contributed by atoms with Crippen molar-refractivity contribution >= 4 is 28.4 Å². The van der Waals surface area contributed by atoms with Gasteiger partial charge in [0.15, 0.2) is 11.5 Å². The van der Waals surface area contributed by atoms with Crippen molar-refractivity contribution in [2.24, 2.45) is 0 Å². The van der Waals surface area contributed by atoms with E-state index < -0.39 is 5.60 Å². The minimum Gasteiger partial charge on any atom is -0.384 e. The van der Waals surface area contributed by atoms with Gasteiger partial charge in [-0.25, -0.2) is 24.5 Å². The van der Waals surface area contributed by atoms with Crippen LogP contribution in [-0.2, 0) is 12.1 Å². The van der Waals surface area contributed by atoms with Crippen LogP contribution >= 0.6 is 0 Å². The molecule has 0 amide bonds. The quantitative estimate of drug-likeness (QED) is 0.274. The molecule has 2 aliphatic heterocycles. The van der Waals surface area contributed by atoms with E-state index in [9.17, 15) is 15.1 Å². The fourth-order valence-corrected chi connectivity index (χ4v) is 5.15. The van der Waals surface area contributed by atoms with E-state index in [1.807, 2.05) is 55.6 Å². The maximum Gasteiger partial charge on any atom is 0.278 e. The summed E-state index contributed by atoms with van der Waals surface area (Å²) in [5, 5.41) is 24.8. The molecular formula is C28H33N8O3+. The Labute approximate surface area is 225 Å². The fraction of sp³-hybridized carbons (Fsp3) is 0.357. The predicted octanol–water partition coefficient (Wildman–Crippen LogP) is 2.93. The van der Waals surface area contributed by atoms with Crippen LogP contribution < -0.4 is 15.8 Å². The molecule has 2 aliphatic rings. The highest BCUT2D eigenvalue weighted by Crippen LogP contribution is 2.27. The summed E-state index contributed by atoms with van der Waals surface area (Å²) >= 11 is 0. The van der Waals surface area contributed by atoms with Gasteiger partial charge in [-0.05, 0) is 56.2 Å². The Balaban J connectivity index is 1.34. The first kappa shape index (κ1) is 25.2. The molecule has 1 aromatic carbocycles. The summed E-state index contributed by atoms with van der Waals surface area (Å²) in [6.07, 6.45) is 6.64. The Hall–Kier alpha value is -4.06. The third-order valence-corrected chi connectivity index (χ3v) is 7.61. The molecule has 0 aliphatic carbocycles. The zero-order valence-electron chi connectivity index (χ0n) is 22.2. The number of fused-ring (bicyclic) bond motifs is 6. The van der Waals surface area contributed by atoms with Crippen molar-refractivity contribution in [2.75, 3.05) is 43.4 Å². The van der Waals surface area contributed by atoms with E-state index in [-0.39, 0.29) is 10.2 Å². The second kappa shape index (κ2) is 9.60. The Morgan fingerprint density at radius 1 is 1.05 bits per heavy atom. The number of nitrogens with one attached hydrogen (secondary N) is 1. The Morgan fingerprint density at radius 3 is 2.59 bits per heavy atom. The standard InChI is InChI=1S/C28H32N8O3/c1-28(38)13-4-3-5-14-34-26(37)22-19-29-27(32-25(22)35(34)24-8-6-7-23(28)31-24)30-20-9-11-21(12-10-20)33-15-17-36(2,39)18-16-33/h3,5-12,19,38-39H,4,13-18H2,1-2H3/p+1/b5-3-. The van der Waals surface area contributed by atoms with Gasteiger partial charge in [0.2, 0.25) is 5.95 Å². The molecule has 2 bridgehead atoms. The molecule has 1 saturated heterocycles. The molecule has 3 aromatic heterocycles. The molecule has 202 valence electrons. The molecule has 6 rings (SSSR count). The number of piperazine rings is 1. The summed E-state index contributed by atoms with van der Waals surface area (Å²) in [4.78, 5) is 29.5. The third-order valence-electron chi connectivity index (χ3n) is 7.61. The Morgan fingerprint density at radius 2 is 1.82 bits per heavy atom. The molecule has 5 heterocycles. The lowest BCUT2D eigenvalue weighted by molar-refractivity contribution is -1.09. The number of hydrogen-bond donors (Lipinski definition) is 3. The molecule has 11 nitrogen and oxygen atoms in total. The first-order chi connectivity index (χ1) is 18.7. The van der Waals surface area contributed by atoms with E-state index in [2.05, 4.69) is 15.2 Å². The minimum absolute atomic E-state index is 0.0537. The smallest absolute Gasteiger partial charge is 0.278 e. The third kappa shape index (κ3) is 4.91. The van der Waals surface area contributed by atoms with E-state index >= 15 is 0 Å². The topological polar surface area (TPSA) is 121 Å². The molecule has 1 atom stereocenters. The second-order valence-corrected chi connectivity index (χ2v) is 10.7. The zero-order chi connectivity index (χ0) is 27.2. The van der Waals surface area contributed by atoms with Crippen molar-refractivity contribution in [2.45, 2.75) is 31.9 Å². The number of anilines is 3. The molecule has 11 heteroatoms. The lowest BCUT2D eigenvalue weighted by Gasteiger charge is -2.37. The van der Waals surface area contributed by atoms with E-state index in [1.54, 1.807) is 28.6 Å². The molecule has 1 fully saturated rings. The summed E-state index contributed by atoms with van der Waals surface area (Å²) in [6.45, 7) is 5.04. The SMILES string of the molecule is CC1(O)CC/C=C\Cn2c(=O)c3cnc(Nc4ccc(N5CC[N+](C)(O)CC5)cc4)nc3n2-c2cccc1n2. The monoisotopic (exact) mass is 529 g/mol. The average Bonchev–Trinajstić information content (AvgIpc) is 3.19. The number of likely N-dealkylation sites (N-methyl/N-ethyl adjacent to an activating group) is 1. The van der Waals surface area contributed by atoms with Crippen LogP contribution in [0, 0.1) is 0 Å². The van der Waals surface area contributed by atoms with Crippen molar-refractivity contribution in [1.82, 2.24) is 24.3 Å².